The van der Waals surface area contributed by atoms with Gasteiger partial charge in [0.15, 0.2) is 0 Å². The van der Waals surface area contributed by atoms with E-state index in [9.17, 15) is 9.59 Å². The fourth-order valence-electron chi connectivity index (χ4n) is 4.71. The molecule has 154 valence electrons. The highest BCUT2D eigenvalue weighted by Gasteiger charge is 2.50. The number of hydrogen-bond acceptors (Lipinski definition) is 4. The second-order valence-electron chi connectivity index (χ2n) is 9.92. The normalized spacial score (nSPS) is 29.8. The summed E-state index contributed by atoms with van der Waals surface area (Å²) >= 11 is 0. The van der Waals surface area contributed by atoms with E-state index in [1.165, 1.54) is 0 Å². The standard InChI is InChI=1S/C21H38N4O2/c1-5-23-10-12-24(13-11-23)8-6-18(26)25-9-7-21(16-25)14-17(15-21)22-19(27)20(2,3)4/h17H,5-16H2,1-4H3,(H,22,27). The van der Waals surface area contributed by atoms with E-state index in [1.54, 1.807) is 0 Å². The molecule has 0 radical (unpaired) electrons. The van der Waals surface area contributed by atoms with Gasteiger partial charge in [-0.25, -0.2) is 0 Å². The second kappa shape index (κ2) is 8.08. The number of amides is 2. The van der Waals surface area contributed by atoms with E-state index < -0.39 is 0 Å². The number of nitrogens with zero attached hydrogens (tertiary/aromatic N) is 3. The van der Waals surface area contributed by atoms with E-state index in [4.69, 9.17) is 0 Å². The van der Waals surface area contributed by atoms with Crippen LogP contribution in [0.1, 0.15) is 53.4 Å². The van der Waals surface area contributed by atoms with Crippen molar-refractivity contribution >= 4 is 11.8 Å². The molecule has 2 heterocycles. The van der Waals surface area contributed by atoms with Crippen molar-refractivity contribution in [3.05, 3.63) is 0 Å². The molecule has 0 atom stereocenters. The Morgan fingerprint density at radius 1 is 1.04 bits per heavy atom. The van der Waals surface area contributed by atoms with Gasteiger partial charge in [0.1, 0.15) is 0 Å². The molecule has 1 saturated carbocycles. The summed E-state index contributed by atoms with van der Waals surface area (Å²) in [6.45, 7) is 16.3. The van der Waals surface area contributed by atoms with E-state index in [1.807, 2.05) is 20.8 Å². The third kappa shape index (κ3) is 5.02. The van der Waals surface area contributed by atoms with Crippen molar-refractivity contribution in [2.24, 2.45) is 10.8 Å². The van der Waals surface area contributed by atoms with Crippen molar-refractivity contribution in [2.75, 3.05) is 52.4 Å². The van der Waals surface area contributed by atoms with Gasteiger partial charge in [0, 0.05) is 63.7 Å². The SMILES string of the molecule is CCN1CCN(CCC(=O)N2CCC3(CC(NC(=O)C(C)(C)C)C3)C2)CC1. The predicted molar refractivity (Wildman–Crippen MR) is 107 cm³/mol. The van der Waals surface area contributed by atoms with Crippen molar-refractivity contribution in [3.8, 4) is 0 Å². The van der Waals surface area contributed by atoms with Crippen LogP contribution in [0.5, 0.6) is 0 Å². The summed E-state index contributed by atoms with van der Waals surface area (Å²) in [5.41, 5.74) is -0.0682. The molecule has 3 fully saturated rings. The maximum absolute atomic E-state index is 12.6. The van der Waals surface area contributed by atoms with Crippen molar-refractivity contribution in [1.29, 1.82) is 0 Å². The summed E-state index contributed by atoms with van der Waals surface area (Å²) in [6, 6.07) is 0.293. The molecule has 0 bridgehead atoms. The fraction of sp³-hybridized carbons (Fsp3) is 0.905. The van der Waals surface area contributed by atoms with Crippen molar-refractivity contribution in [1.82, 2.24) is 20.0 Å². The molecule has 0 aromatic heterocycles. The van der Waals surface area contributed by atoms with Gasteiger partial charge in [-0.3, -0.25) is 9.59 Å². The number of carbonyl (C=O) groups is 2. The number of rotatable bonds is 5. The van der Waals surface area contributed by atoms with Crippen molar-refractivity contribution in [3.63, 3.8) is 0 Å². The molecule has 3 rings (SSSR count). The van der Waals surface area contributed by atoms with Crippen LogP contribution in [0.25, 0.3) is 0 Å². The number of hydrogen-bond donors (Lipinski definition) is 1. The lowest BCUT2D eigenvalue weighted by Gasteiger charge is -2.46. The smallest absolute Gasteiger partial charge is 0.225 e. The zero-order valence-electron chi connectivity index (χ0n) is 17.7. The van der Waals surface area contributed by atoms with Gasteiger partial charge in [0.2, 0.25) is 11.8 Å². The molecule has 0 unspecified atom stereocenters. The Kier molecular flexibility index (Phi) is 6.16. The third-order valence-electron chi connectivity index (χ3n) is 6.72. The Balaban J connectivity index is 1.36. The number of carbonyl (C=O) groups excluding carboxylic acids is 2. The molecule has 6 heteroatoms. The lowest BCUT2D eigenvalue weighted by Crippen LogP contribution is -2.54. The van der Waals surface area contributed by atoms with E-state index >= 15 is 0 Å². The van der Waals surface area contributed by atoms with E-state index in [-0.39, 0.29) is 16.7 Å². The van der Waals surface area contributed by atoms with Crippen LogP contribution in [0, 0.1) is 10.8 Å². The zero-order valence-corrected chi connectivity index (χ0v) is 17.7. The van der Waals surface area contributed by atoms with Crippen LogP contribution < -0.4 is 5.32 Å². The van der Waals surface area contributed by atoms with Crippen LogP contribution >= 0.6 is 0 Å². The molecule has 3 aliphatic rings. The van der Waals surface area contributed by atoms with Crippen LogP contribution in [0.2, 0.25) is 0 Å². The van der Waals surface area contributed by atoms with Crippen molar-refractivity contribution in [2.45, 2.75) is 59.4 Å². The van der Waals surface area contributed by atoms with Crippen LogP contribution in [-0.4, -0.2) is 84.9 Å². The summed E-state index contributed by atoms with van der Waals surface area (Å²) in [4.78, 5) is 31.7. The predicted octanol–water partition coefficient (Wildman–Crippen LogP) is 1.56. The number of piperazine rings is 1. The van der Waals surface area contributed by atoms with E-state index in [0.717, 1.165) is 71.6 Å². The molecule has 6 nitrogen and oxygen atoms in total. The highest BCUT2D eigenvalue weighted by atomic mass is 16.2. The van der Waals surface area contributed by atoms with E-state index in [2.05, 4.69) is 26.9 Å². The third-order valence-corrected chi connectivity index (χ3v) is 6.72. The van der Waals surface area contributed by atoms with Gasteiger partial charge in [-0.1, -0.05) is 27.7 Å². The van der Waals surface area contributed by atoms with Gasteiger partial charge < -0.3 is 20.0 Å². The highest BCUT2D eigenvalue weighted by Crippen LogP contribution is 2.48. The maximum Gasteiger partial charge on any atom is 0.225 e. The van der Waals surface area contributed by atoms with Gasteiger partial charge in [-0.2, -0.15) is 0 Å². The summed E-state index contributed by atoms with van der Waals surface area (Å²) in [5.74, 6) is 0.448. The molecule has 0 aromatic carbocycles. The average Bonchev–Trinajstić information content (AvgIpc) is 3.04. The number of nitrogens with one attached hydrogen (secondary N) is 1. The van der Waals surface area contributed by atoms with Crippen molar-refractivity contribution < 1.29 is 9.59 Å². The summed E-state index contributed by atoms with van der Waals surface area (Å²) in [7, 11) is 0. The summed E-state index contributed by atoms with van der Waals surface area (Å²) in [5, 5.41) is 3.18. The van der Waals surface area contributed by atoms with Crippen LogP contribution in [0.3, 0.4) is 0 Å². The lowest BCUT2D eigenvalue weighted by atomic mass is 9.64. The van der Waals surface area contributed by atoms with Gasteiger partial charge in [-0.15, -0.1) is 0 Å². The Morgan fingerprint density at radius 2 is 1.67 bits per heavy atom. The first-order valence-corrected chi connectivity index (χ1v) is 10.7. The Labute approximate surface area is 164 Å². The minimum absolute atomic E-state index is 0.136. The Morgan fingerprint density at radius 3 is 2.26 bits per heavy atom. The first kappa shape index (κ1) is 20.6. The first-order chi connectivity index (χ1) is 12.7. The lowest BCUT2D eigenvalue weighted by molar-refractivity contribution is -0.133. The minimum atomic E-state index is -0.330. The molecular formula is C21H38N4O2. The number of likely N-dealkylation sites (tertiary alicyclic amines) is 1. The Hall–Kier alpha value is -1.14. The topological polar surface area (TPSA) is 55.9 Å². The molecule has 27 heavy (non-hydrogen) atoms. The number of likely N-dealkylation sites (N-methyl/N-ethyl adjacent to an activating group) is 1. The average molecular weight is 379 g/mol. The molecule has 1 spiro atoms. The van der Waals surface area contributed by atoms with Gasteiger partial charge in [0.05, 0.1) is 0 Å². The Bertz CT molecular complexity index is 543. The summed E-state index contributed by atoms with van der Waals surface area (Å²) in [6.07, 6.45) is 3.79. The minimum Gasteiger partial charge on any atom is -0.353 e. The molecular weight excluding hydrogens is 340 g/mol. The van der Waals surface area contributed by atoms with Crippen LogP contribution in [0.15, 0.2) is 0 Å². The molecule has 2 saturated heterocycles. The zero-order chi connectivity index (χ0) is 19.7. The fourth-order valence-corrected chi connectivity index (χ4v) is 4.71. The maximum atomic E-state index is 12.6. The largest absolute Gasteiger partial charge is 0.353 e. The monoisotopic (exact) mass is 378 g/mol. The molecule has 2 aliphatic heterocycles. The van der Waals surface area contributed by atoms with Gasteiger partial charge >= 0.3 is 0 Å². The molecule has 1 N–H and O–H groups in total. The highest BCUT2D eigenvalue weighted by molar-refractivity contribution is 5.81. The van der Waals surface area contributed by atoms with E-state index in [0.29, 0.717) is 18.4 Å². The van der Waals surface area contributed by atoms with Gasteiger partial charge in [0.25, 0.3) is 0 Å². The molecule has 2 amide bonds. The van der Waals surface area contributed by atoms with Gasteiger partial charge in [-0.05, 0) is 31.2 Å². The molecule has 0 aromatic rings. The van der Waals surface area contributed by atoms with Crippen LogP contribution in [-0.2, 0) is 9.59 Å². The molecule has 1 aliphatic carbocycles. The second-order valence-corrected chi connectivity index (χ2v) is 9.92. The summed E-state index contributed by atoms with van der Waals surface area (Å²) < 4.78 is 0. The first-order valence-electron chi connectivity index (χ1n) is 10.7. The van der Waals surface area contributed by atoms with Crippen LogP contribution in [0.4, 0.5) is 0 Å². The quantitative estimate of drug-likeness (QED) is 0.789.